The molecular weight excluding hydrogens is 358 g/mol. The monoisotopic (exact) mass is 377 g/mol. The van der Waals surface area contributed by atoms with Crippen molar-refractivity contribution in [3.05, 3.63) is 58.1 Å². The molecule has 4 N–H and O–H groups in total. The molecule has 2 aromatic rings. The number of nitrogens with zero attached hydrogens (tertiary/aromatic N) is 2. The van der Waals surface area contributed by atoms with E-state index in [1.54, 1.807) is 31.2 Å². The Kier molecular flexibility index (Phi) is 5.51. The van der Waals surface area contributed by atoms with Gasteiger partial charge in [-0.1, -0.05) is 18.2 Å². The summed E-state index contributed by atoms with van der Waals surface area (Å²) in [6.07, 6.45) is -3.68. The highest BCUT2D eigenvalue weighted by Crippen LogP contribution is 2.28. The van der Waals surface area contributed by atoms with E-state index in [1.807, 2.05) is 0 Å². The summed E-state index contributed by atoms with van der Waals surface area (Å²) < 4.78 is 6.25. The lowest BCUT2D eigenvalue weighted by Gasteiger charge is -2.17. The Morgan fingerprint density at radius 3 is 2.67 bits per heavy atom. The van der Waals surface area contributed by atoms with E-state index in [0.29, 0.717) is 5.56 Å². The summed E-state index contributed by atoms with van der Waals surface area (Å²) in [7, 11) is 0. The number of aromatic nitrogens is 2. The number of aryl methyl sites for hydroxylation is 1. The molecule has 27 heavy (non-hydrogen) atoms. The number of nitrogens with one attached hydrogen (secondary N) is 1. The van der Waals surface area contributed by atoms with Gasteiger partial charge in [0.2, 0.25) is 0 Å². The van der Waals surface area contributed by atoms with Crippen LogP contribution in [0.1, 0.15) is 22.1 Å². The molecule has 0 unspecified atom stereocenters. The van der Waals surface area contributed by atoms with Crippen molar-refractivity contribution < 1.29 is 29.7 Å². The molecule has 0 radical (unpaired) electrons. The molecule has 10 nitrogen and oxygen atoms in total. The number of benzene rings is 1. The molecule has 0 aliphatic carbocycles. The van der Waals surface area contributed by atoms with Crippen molar-refractivity contribution >= 4 is 11.8 Å². The molecule has 0 spiro atoms. The summed E-state index contributed by atoms with van der Waals surface area (Å²) in [6.45, 7) is 1.25. The van der Waals surface area contributed by atoms with Crippen molar-refractivity contribution in [1.29, 1.82) is 0 Å². The molecule has 1 saturated heterocycles. The number of aliphatic hydroxyl groups is 3. The predicted molar refractivity (Wildman–Crippen MR) is 91.7 cm³/mol. The van der Waals surface area contributed by atoms with E-state index in [-0.39, 0.29) is 5.82 Å². The minimum absolute atomic E-state index is 0.0232. The van der Waals surface area contributed by atoms with Crippen LogP contribution in [0.2, 0.25) is 0 Å². The van der Waals surface area contributed by atoms with Crippen LogP contribution in [0.5, 0.6) is 0 Å². The van der Waals surface area contributed by atoms with E-state index in [2.05, 4.69) is 10.5 Å². The second-order valence-corrected chi connectivity index (χ2v) is 6.04. The highest BCUT2D eigenvalue weighted by atomic mass is 16.7. The molecule has 144 valence electrons. The van der Waals surface area contributed by atoms with Gasteiger partial charge in [0.05, 0.1) is 12.2 Å². The van der Waals surface area contributed by atoms with Gasteiger partial charge in [-0.15, -0.1) is 0 Å². The van der Waals surface area contributed by atoms with Gasteiger partial charge in [0.1, 0.15) is 18.3 Å². The maximum absolute atomic E-state index is 12.2. The fourth-order valence-electron chi connectivity index (χ4n) is 2.73. The molecule has 2 heterocycles. The molecule has 1 aliphatic rings. The van der Waals surface area contributed by atoms with Gasteiger partial charge in [0.15, 0.2) is 12.0 Å². The molecule has 1 aromatic heterocycles. The van der Waals surface area contributed by atoms with E-state index >= 15 is 0 Å². The Bertz CT molecular complexity index is 885. The second-order valence-electron chi connectivity index (χ2n) is 6.04. The normalized spacial score (nSPS) is 24.6. The SMILES string of the molecule is Cc1ccccc1C(=O)ONc1ccn([C@@H]2O[C@H](CO)[C@@H](O)[C@H]2O)c(=O)n1. The lowest BCUT2D eigenvalue weighted by molar-refractivity contribution is -0.0549. The number of rotatable bonds is 5. The summed E-state index contributed by atoms with van der Waals surface area (Å²) in [5.41, 5.74) is 2.60. The zero-order valence-electron chi connectivity index (χ0n) is 14.3. The van der Waals surface area contributed by atoms with Crippen molar-refractivity contribution in [2.45, 2.75) is 31.5 Å². The Morgan fingerprint density at radius 2 is 2.04 bits per heavy atom. The Morgan fingerprint density at radius 1 is 1.30 bits per heavy atom. The van der Waals surface area contributed by atoms with Crippen molar-refractivity contribution in [1.82, 2.24) is 9.55 Å². The number of hydrogen-bond donors (Lipinski definition) is 4. The smallest absolute Gasteiger partial charge is 0.363 e. The van der Waals surface area contributed by atoms with E-state index < -0.39 is 42.8 Å². The average Bonchev–Trinajstić information content (AvgIpc) is 2.95. The van der Waals surface area contributed by atoms with Gasteiger partial charge in [-0.05, 0) is 18.6 Å². The fourth-order valence-corrected chi connectivity index (χ4v) is 2.73. The van der Waals surface area contributed by atoms with Crippen LogP contribution in [0.25, 0.3) is 0 Å². The van der Waals surface area contributed by atoms with Crippen LogP contribution in [0.3, 0.4) is 0 Å². The van der Waals surface area contributed by atoms with Gasteiger partial charge >= 0.3 is 11.7 Å². The second kappa shape index (κ2) is 7.84. The van der Waals surface area contributed by atoms with Gasteiger partial charge < -0.3 is 24.9 Å². The van der Waals surface area contributed by atoms with Crippen LogP contribution in [0.15, 0.2) is 41.3 Å². The van der Waals surface area contributed by atoms with Crippen LogP contribution in [-0.4, -0.2) is 55.8 Å². The maximum Gasteiger partial charge on any atom is 0.363 e. The highest BCUT2D eigenvalue weighted by Gasteiger charge is 2.43. The number of ether oxygens (including phenoxy) is 1. The molecule has 0 bridgehead atoms. The molecule has 4 atom stereocenters. The standard InChI is InChI=1S/C17H19N3O7/c1-9-4-2-3-5-10(9)16(24)27-19-12-6-7-20(17(25)18-12)15-14(23)13(22)11(8-21)26-15/h2-7,11,13-15,21-23H,8H2,1H3,(H,18,19,25)/t11-,13-,14-,15-/m1/s1. The van der Waals surface area contributed by atoms with E-state index in [0.717, 1.165) is 10.1 Å². The van der Waals surface area contributed by atoms with E-state index in [4.69, 9.17) is 14.7 Å². The molecule has 0 amide bonds. The fraction of sp³-hybridized carbons (Fsp3) is 0.353. The summed E-state index contributed by atoms with van der Waals surface area (Å²) in [4.78, 5) is 32.9. The minimum atomic E-state index is -1.40. The van der Waals surface area contributed by atoms with Gasteiger partial charge in [0, 0.05) is 12.3 Å². The number of hydrogen-bond acceptors (Lipinski definition) is 9. The van der Waals surface area contributed by atoms with Crippen LogP contribution in [0.4, 0.5) is 5.82 Å². The topological polar surface area (TPSA) is 143 Å². The first-order valence-corrected chi connectivity index (χ1v) is 8.17. The predicted octanol–water partition coefficient (Wildman–Crippen LogP) is -0.653. The van der Waals surface area contributed by atoms with Crippen molar-refractivity contribution in [2.75, 3.05) is 12.1 Å². The summed E-state index contributed by atoms with van der Waals surface area (Å²) in [5.74, 6) is -0.660. The summed E-state index contributed by atoms with van der Waals surface area (Å²) >= 11 is 0. The van der Waals surface area contributed by atoms with Crippen molar-refractivity contribution in [3.63, 3.8) is 0 Å². The van der Waals surface area contributed by atoms with Gasteiger partial charge in [-0.2, -0.15) is 10.5 Å². The molecule has 1 aliphatic heterocycles. The first-order valence-electron chi connectivity index (χ1n) is 8.17. The van der Waals surface area contributed by atoms with Gasteiger partial charge in [0.25, 0.3) is 0 Å². The number of carbonyl (C=O) groups is 1. The van der Waals surface area contributed by atoms with Crippen LogP contribution < -0.4 is 11.2 Å². The highest BCUT2D eigenvalue weighted by molar-refractivity contribution is 5.91. The average molecular weight is 377 g/mol. The number of carbonyl (C=O) groups excluding carboxylic acids is 1. The minimum Gasteiger partial charge on any atom is -0.394 e. The first kappa shape index (κ1) is 19.0. The first-order chi connectivity index (χ1) is 12.9. The Labute approximate surface area is 153 Å². The molecule has 0 saturated carbocycles. The third-order valence-corrected chi connectivity index (χ3v) is 4.23. The lowest BCUT2D eigenvalue weighted by Crippen LogP contribution is -2.36. The molecule has 1 fully saturated rings. The van der Waals surface area contributed by atoms with Crippen LogP contribution in [0, 0.1) is 6.92 Å². The van der Waals surface area contributed by atoms with Gasteiger partial charge in [-0.3, -0.25) is 4.57 Å². The Balaban J connectivity index is 1.70. The molecular formula is C17H19N3O7. The van der Waals surface area contributed by atoms with Crippen molar-refractivity contribution in [3.8, 4) is 0 Å². The number of aliphatic hydroxyl groups excluding tert-OH is 3. The number of anilines is 1. The summed E-state index contributed by atoms with van der Waals surface area (Å²) in [5, 5.41) is 28.9. The van der Waals surface area contributed by atoms with Crippen molar-refractivity contribution in [2.24, 2.45) is 0 Å². The van der Waals surface area contributed by atoms with Crippen LogP contribution in [-0.2, 0) is 9.57 Å². The maximum atomic E-state index is 12.2. The molecule has 10 heteroatoms. The molecule has 3 rings (SSSR count). The third-order valence-electron chi connectivity index (χ3n) is 4.23. The molecule has 1 aromatic carbocycles. The quantitative estimate of drug-likeness (QED) is 0.500. The van der Waals surface area contributed by atoms with Crippen LogP contribution >= 0.6 is 0 Å². The zero-order valence-corrected chi connectivity index (χ0v) is 14.3. The van der Waals surface area contributed by atoms with E-state index in [9.17, 15) is 19.8 Å². The summed E-state index contributed by atoms with van der Waals surface area (Å²) in [6, 6.07) is 8.19. The van der Waals surface area contributed by atoms with Gasteiger partial charge in [-0.25, -0.2) is 9.59 Å². The lowest BCUT2D eigenvalue weighted by atomic mass is 10.1. The Hall–Kier alpha value is -2.79. The zero-order chi connectivity index (χ0) is 19.6. The van der Waals surface area contributed by atoms with E-state index in [1.165, 1.54) is 12.3 Å². The largest absolute Gasteiger partial charge is 0.394 e. The third kappa shape index (κ3) is 3.83.